The lowest BCUT2D eigenvalue weighted by Gasteiger charge is -2.27. The van der Waals surface area contributed by atoms with Crippen molar-refractivity contribution in [3.8, 4) is 0 Å². The van der Waals surface area contributed by atoms with E-state index in [0.29, 0.717) is 5.41 Å². The fourth-order valence-electron chi connectivity index (χ4n) is 2.79. The van der Waals surface area contributed by atoms with Gasteiger partial charge in [-0.2, -0.15) is 0 Å². The zero-order valence-corrected chi connectivity index (χ0v) is 10.2. The van der Waals surface area contributed by atoms with Gasteiger partial charge in [0.2, 0.25) is 0 Å². The van der Waals surface area contributed by atoms with Gasteiger partial charge in [0, 0.05) is 11.1 Å². The average molecular weight is 224 g/mol. The number of thiazole rings is 1. The molecule has 1 heterocycles. The molecule has 1 aliphatic rings. The zero-order valence-electron chi connectivity index (χ0n) is 9.41. The Labute approximate surface area is 95.9 Å². The van der Waals surface area contributed by atoms with Gasteiger partial charge in [0.05, 0.1) is 5.51 Å². The van der Waals surface area contributed by atoms with Gasteiger partial charge in [-0.15, -0.1) is 11.3 Å². The van der Waals surface area contributed by atoms with E-state index in [1.165, 1.54) is 30.6 Å². The van der Waals surface area contributed by atoms with Gasteiger partial charge < -0.3 is 5.73 Å². The Morgan fingerprint density at radius 2 is 2.53 bits per heavy atom. The highest BCUT2D eigenvalue weighted by Crippen LogP contribution is 2.44. The smallest absolute Gasteiger partial charge is 0.0794 e. The summed E-state index contributed by atoms with van der Waals surface area (Å²) in [6, 6.07) is 0. The molecule has 1 aromatic heterocycles. The van der Waals surface area contributed by atoms with Crippen molar-refractivity contribution >= 4 is 11.3 Å². The standard InChI is InChI=1S/C12H20N2S/c1-2-10-3-4-12(5-10,8-13)6-11-7-14-9-15-11/h7,9-10H,2-6,8,13H2,1H3. The van der Waals surface area contributed by atoms with Gasteiger partial charge in [0.1, 0.15) is 0 Å². The summed E-state index contributed by atoms with van der Waals surface area (Å²) in [6.07, 6.45) is 8.45. The number of hydrogen-bond donors (Lipinski definition) is 1. The normalized spacial score (nSPS) is 30.9. The Morgan fingerprint density at radius 3 is 3.07 bits per heavy atom. The van der Waals surface area contributed by atoms with Crippen molar-refractivity contribution in [3.63, 3.8) is 0 Å². The first-order valence-electron chi connectivity index (χ1n) is 5.85. The van der Waals surface area contributed by atoms with E-state index < -0.39 is 0 Å². The molecule has 84 valence electrons. The Kier molecular flexibility index (Phi) is 3.42. The molecule has 2 N–H and O–H groups in total. The molecule has 0 saturated heterocycles. The first-order valence-corrected chi connectivity index (χ1v) is 6.73. The summed E-state index contributed by atoms with van der Waals surface area (Å²) in [5.41, 5.74) is 8.29. The monoisotopic (exact) mass is 224 g/mol. The van der Waals surface area contributed by atoms with Crippen LogP contribution in [-0.2, 0) is 6.42 Å². The lowest BCUT2D eigenvalue weighted by molar-refractivity contribution is 0.292. The van der Waals surface area contributed by atoms with E-state index in [-0.39, 0.29) is 0 Å². The molecule has 2 rings (SSSR count). The molecule has 0 radical (unpaired) electrons. The van der Waals surface area contributed by atoms with E-state index >= 15 is 0 Å². The second-order valence-corrected chi connectivity index (χ2v) is 5.84. The topological polar surface area (TPSA) is 38.9 Å². The minimum atomic E-state index is 0.382. The van der Waals surface area contributed by atoms with Gasteiger partial charge in [-0.25, -0.2) is 0 Å². The molecule has 2 unspecified atom stereocenters. The number of rotatable bonds is 4. The minimum absolute atomic E-state index is 0.382. The minimum Gasteiger partial charge on any atom is -0.330 e. The summed E-state index contributed by atoms with van der Waals surface area (Å²) < 4.78 is 0. The van der Waals surface area contributed by atoms with E-state index in [2.05, 4.69) is 11.9 Å². The van der Waals surface area contributed by atoms with Gasteiger partial charge in [-0.05, 0) is 43.6 Å². The third-order valence-corrected chi connectivity index (χ3v) is 4.63. The molecular weight excluding hydrogens is 204 g/mol. The van der Waals surface area contributed by atoms with E-state index in [1.807, 2.05) is 11.7 Å². The highest BCUT2D eigenvalue weighted by Gasteiger charge is 2.37. The van der Waals surface area contributed by atoms with Crippen LogP contribution in [0.1, 0.15) is 37.5 Å². The van der Waals surface area contributed by atoms with E-state index in [0.717, 1.165) is 18.9 Å². The molecule has 1 aromatic rings. The molecule has 2 nitrogen and oxygen atoms in total. The Morgan fingerprint density at radius 1 is 1.67 bits per heavy atom. The fraction of sp³-hybridized carbons (Fsp3) is 0.750. The highest BCUT2D eigenvalue weighted by molar-refractivity contribution is 7.09. The molecule has 1 fully saturated rings. The first kappa shape index (κ1) is 11.1. The van der Waals surface area contributed by atoms with Gasteiger partial charge in [0.25, 0.3) is 0 Å². The van der Waals surface area contributed by atoms with Crippen molar-refractivity contribution in [2.45, 2.75) is 39.0 Å². The molecule has 0 aliphatic heterocycles. The first-order chi connectivity index (χ1) is 7.28. The van der Waals surface area contributed by atoms with Gasteiger partial charge in [-0.3, -0.25) is 4.98 Å². The third kappa shape index (κ3) is 2.40. The fourth-order valence-corrected chi connectivity index (χ4v) is 3.56. The van der Waals surface area contributed by atoms with Crippen LogP contribution in [0.4, 0.5) is 0 Å². The molecule has 1 saturated carbocycles. The van der Waals surface area contributed by atoms with Crippen molar-refractivity contribution < 1.29 is 0 Å². The second-order valence-electron chi connectivity index (χ2n) is 4.87. The van der Waals surface area contributed by atoms with Gasteiger partial charge in [-0.1, -0.05) is 13.3 Å². The SMILES string of the molecule is CCC1CCC(CN)(Cc2cncs2)C1. The molecular formula is C12H20N2S. The van der Waals surface area contributed by atoms with Crippen LogP contribution in [0.25, 0.3) is 0 Å². The molecule has 0 amide bonds. The quantitative estimate of drug-likeness (QED) is 0.854. The predicted molar refractivity (Wildman–Crippen MR) is 64.9 cm³/mol. The Balaban J connectivity index is 2.03. The molecule has 3 heteroatoms. The van der Waals surface area contributed by atoms with Crippen molar-refractivity contribution in [1.82, 2.24) is 4.98 Å². The summed E-state index contributed by atoms with van der Waals surface area (Å²) in [4.78, 5) is 5.55. The number of hydrogen-bond acceptors (Lipinski definition) is 3. The number of nitrogens with two attached hydrogens (primary N) is 1. The lowest BCUT2D eigenvalue weighted by Crippen LogP contribution is -2.30. The highest BCUT2D eigenvalue weighted by atomic mass is 32.1. The van der Waals surface area contributed by atoms with Crippen LogP contribution in [0, 0.1) is 11.3 Å². The van der Waals surface area contributed by atoms with Crippen LogP contribution >= 0.6 is 11.3 Å². The Bertz CT molecular complexity index is 297. The summed E-state index contributed by atoms with van der Waals surface area (Å²) >= 11 is 1.77. The molecule has 1 aliphatic carbocycles. The van der Waals surface area contributed by atoms with Crippen LogP contribution in [0.2, 0.25) is 0 Å². The van der Waals surface area contributed by atoms with Gasteiger partial charge in [0.15, 0.2) is 0 Å². The van der Waals surface area contributed by atoms with E-state index in [4.69, 9.17) is 5.73 Å². The summed E-state index contributed by atoms with van der Waals surface area (Å²) in [6.45, 7) is 3.13. The van der Waals surface area contributed by atoms with Crippen LogP contribution in [0.15, 0.2) is 11.7 Å². The van der Waals surface area contributed by atoms with Crippen LogP contribution in [0.5, 0.6) is 0 Å². The van der Waals surface area contributed by atoms with Crippen molar-refractivity contribution in [2.75, 3.05) is 6.54 Å². The molecule has 0 aromatic carbocycles. The number of aromatic nitrogens is 1. The van der Waals surface area contributed by atoms with Crippen molar-refractivity contribution in [2.24, 2.45) is 17.1 Å². The zero-order chi connectivity index (χ0) is 10.7. The van der Waals surface area contributed by atoms with Crippen LogP contribution < -0.4 is 5.73 Å². The van der Waals surface area contributed by atoms with Crippen LogP contribution in [-0.4, -0.2) is 11.5 Å². The average Bonchev–Trinajstić information content (AvgIpc) is 2.88. The predicted octanol–water partition coefficient (Wildman–Crippen LogP) is 2.84. The molecule has 2 atom stereocenters. The largest absolute Gasteiger partial charge is 0.330 e. The number of nitrogens with zero attached hydrogens (tertiary/aromatic N) is 1. The summed E-state index contributed by atoms with van der Waals surface area (Å²) in [5.74, 6) is 0.904. The van der Waals surface area contributed by atoms with Gasteiger partial charge >= 0.3 is 0 Å². The van der Waals surface area contributed by atoms with Crippen molar-refractivity contribution in [3.05, 3.63) is 16.6 Å². The van der Waals surface area contributed by atoms with E-state index in [1.54, 1.807) is 11.3 Å². The Hall–Kier alpha value is -0.410. The van der Waals surface area contributed by atoms with Crippen LogP contribution in [0.3, 0.4) is 0 Å². The molecule has 0 spiro atoms. The lowest BCUT2D eigenvalue weighted by atomic mass is 9.81. The molecule has 0 bridgehead atoms. The summed E-state index contributed by atoms with van der Waals surface area (Å²) in [5, 5.41) is 0. The maximum atomic E-state index is 5.99. The summed E-state index contributed by atoms with van der Waals surface area (Å²) in [7, 11) is 0. The third-order valence-electron chi connectivity index (χ3n) is 3.85. The maximum absolute atomic E-state index is 5.99. The molecule has 15 heavy (non-hydrogen) atoms. The van der Waals surface area contributed by atoms with E-state index in [9.17, 15) is 0 Å². The second kappa shape index (κ2) is 4.62. The maximum Gasteiger partial charge on any atom is 0.0794 e. The van der Waals surface area contributed by atoms with Crippen molar-refractivity contribution in [1.29, 1.82) is 0 Å².